The summed E-state index contributed by atoms with van der Waals surface area (Å²) in [7, 11) is 0. The van der Waals surface area contributed by atoms with Gasteiger partial charge in [0.2, 0.25) is 0 Å². The highest BCUT2D eigenvalue weighted by Gasteiger charge is 2.11. The fourth-order valence-corrected chi connectivity index (χ4v) is 1.43. The zero-order valence-electron chi connectivity index (χ0n) is 12.1. The number of carbonyl (C=O) groups excluding carboxylic acids is 2. The third-order valence-corrected chi connectivity index (χ3v) is 2.64. The number of nitrogens with one attached hydrogen (secondary N) is 2. The molecule has 0 saturated carbocycles. The Bertz CT molecular complexity index is 478. The minimum Gasteiger partial charge on any atom is -0.348 e. The first-order valence-corrected chi connectivity index (χ1v) is 6.73. The van der Waals surface area contributed by atoms with Crippen molar-refractivity contribution in [2.45, 2.75) is 27.2 Å². The lowest BCUT2D eigenvalue weighted by Crippen LogP contribution is -2.39. The van der Waals surface area contributed by atoms with E-state index in [1.165, 1.54) is 11.8 Å². The molecule has 0 aliphatic rings. The normalized spacial score (nSPS) is 10.8. The van der Waals surface area contributed by atoms with Crippen molar-refractivity contribution in [3.63, 3.8) is 0 Å². The summed E-state index contributed by atoms with van der Waals surface area (Å²) in [6, 6.07) is 7.82. The van der Waals surface area contributed by atoms with Crippen LogP contribution in [0.2, 0.25) is 0 Å². The molecule has 0 atom stereocenters. The lowest BCUT2D eigenvalue weighted by atomic mass is 10.1. The van der Waals surface area contributed by atoms with Crippen LogP contribution in [-0.2, 0) is 16.0 Å². The van der Waals surface area contributed by atoms with Crippen LogP contribution in [-0.4, -0.2) is 24.6 Å². The molecule has 2 amide bonds. The van der Waals surface area contributed by atoms with Gasteiger partial charge in [-0.15, -0.1) is 0 Å². The number of benzene rings is 1. The quantitative estimate of drug-likeness (QED) is 0.485. The van der Waals surface area contributed by atoms with Gasteiger partial charge in [-0.2, -0.15) is 5.10 Å². The van der Waals surface area contributed by atoms with Crippen molar-refractivity contribution in [2.75, 3.05) is 6.54 Å². The average molecular weight is 275 g/mol. The van der Waals surface area contributed by atoms with Crippen LogP contribution < -0.4 is 10.7 Å². The van der Waals surface area contributed by atoms with Crippen LogP contribution in [0.25, 0.3) is 0 Å². The second-order valence-electron chi connectivity index (χ2n) is 4.90. The maximum absolute atomic E-state index is 11.4. The van der Waals surface area contributed by atoms with Crippen molar-refractivity contribution < 1.29 is 9.59 Å². The molecule has 0 unspecified atom stereocenters. The van der Waals surface area contributed by atoms with Crippen molar-refractivity contribution >= 4 is 18.0 Å². The van der Waals surface area contributed by atoms with E-state index in [1.807, 2.05) is 38.1 Å². The van der Waals surface area contributed by atoms with Crippen LogP contribution in [0.5, 0.6) is 0 Å². The molecule has 0 radical (unpaired) electrons. The fourth-order valence-electron chi connectivity index (χ4n) is 1.43. The molecule has 1 rings (SSSR count). The van der Waals surface area contributed by atoms with E-state index in [4.69, 9.17) is 0 Å². The van der Waals surface area contributed by atoms with Gasteiger partial charge in [-0.25, -0.2) is 5.43 Å². The van der Waals surface area contributed by atoms with Crippen molar-refractivity contribution in [2.24, 2.45) is 11.0 Å². The van der Waals surface area contributed by atoms with Crippen LogP contribution in [0, 0.1) is 5.92 Å². The molecular formula is C15H21N3O2. The summed E-state index contributed by atoms with van der Waals surface area (Å²) in [5, 5.41) is 6.28. The smallest absolute Gasteiger partial charge is 0.329 e. The van der Waals surface area contributed by atoms with E-state index < -0.39 is 11.8 Å². The van der Waals surface area contributed by atoms with Crippen LogP contribution in [0.4, 0.5) is 0 Å². The first kappa shape index (κ1) is 15.9. The van der Waals surface area contributed by atoms with Gasteiger partial charge in [0.1, 0.15) is 0 Å². The van der Waals surface area contributed by atoms with Gasteiger partial charge in [0.05, 0.1) is 6.21 Å². The molecule has 1 aromatic rings. The maximum atomic E-state index is 11.4. The molecule has 0 fully saturated rings. The molecule has 0 spiro atoms. The number of carbonyl (C=O) groups is 2. The number of hydrazone groups is 1. The maximum Gasteiger partial charge on any atom is 0.329 e. The molecule has 5 nitrogen and oxygen atoms in total. The summed E-state index contributed by atoms with van der Waals surface area (Å²) in [4.78, 5) is 22.8. The minimum absolute atomic E-state index is 0.298. The van der Waals surface area contributed by atoms with E-state index in [1.54, 1.807) is 0 Å². The number of hydrogen-bond acceptors (Lipinski definition) is 3. The van der Waals surface area contributed by atoms with Crippen LogP contribution in [0.15, 0.2) is 29.4 Å². The molecule has 0 heterocycles. The average Bonchev–Trinajstić information content (AvgIpc) is 2.45. The van der Waals surface area contributed by atoms with Gasteiger partial charge in [-0.3, -0.25) is 9.59 Å². The first-order chi connectivity index (χ1) is 9.52. The Morgan fingerprint density at radius 2 is 1.85 bits per heavy atom. The second-order valence-corrected chi connectivity index (χ2v) is 4.90. The van der Waals surface area contributed by atoms with Gasteiger partial charge in [0.25, 0.3) is 0 Å². The van der Waals surface area contributed by atoms with E-state index in [0.717, 1.165) is 12.0 Å². The third kappa shape index (κ3) is 5.65. The molecule has 0 aliphatic heterocycles. The highest BCUT2D eigenvalue weighted by Crippen LogP contribution is 2.02. The topological polar surface area (TPSA) is 70.6 Å². The van der Waals surface area contributed by atoms with Crippen LogP contribution in [0.3, 0.4) is 0 Å². The van der Waals surface area contributed by atoms with E-state index in [9.17, 15) is 9.59 Å². The Morgan fingerprint density at radius 3 is 2.40 bits per heavy atom. The summed E-state index contributed by atoms with van der Waals surface area (Å²) in [6.07, 6.45) is 2.48. The number of aryl methyl sites for hydroxylation is 1. The van der Waals surface area contributed by atoms with E-state index in [2.05, 4.69) is 22.8 Å². The van der Waals surface area contributed by atoms with Crippen LogP contribution >= 0.6 is 0 Å². The van der Waals surface area contributed by atoms with Gasteiger partial charge >= 0.3 is 11.8 Å². The highest BCUT2D eigenvalue weighted by atomic mass is 16.2. The highest BCUT2D eigenvalue weighted by molar-refractivity contribution is 6.35. The molecule has 0 aliphatic carbocycles. The molecule has 20 heavy (non-hydrogen) atoms. The summed E-state index contributed by atoms with van der Waals surface area (Å²) in [6.45, 7) is 6.46. The second kappa shape index (κ2) is 8.09. The number of hydrogen-bond donors (Lipinski definition) is 2. The standard InChI is InChI=1S/C15H21N3O2/c1-4-12-5-7-13(8-6-12)10-17-18-15(20)14(19)16-9-11(2)3/h5-8,10-11H,4,9H2,1-3H3,(H,16,19)(H,18,20)/b17-10-. The fraction of sp³-hybridized carbons (Fsp3) is 0.400. The molecular weight excluding hydrogens is 254 g/mol. The van der Waals surface area contributed by atoms with Gasteiger partial charge in [0, 0.05) is 6.54 Å². The van der Waals surface area contributed by atoms with Crippen LogP contribution in [0.1, 0.15) is 31.9 Å². The largest absolute Gasteiger partial charge is 0.348 e. The lowest BCUT2D eigenvalue weighted by molar-refractivity contribution is -0.139. The summed E-state index contributed by atoms with van der Waals surface area (Å²) in [5.41, 5.74) is 4.30. The summed E-state index contributed by atoms with van der Waals surface area (Å²) < 4.78 is 0. The number of rotatable bonds is 5. The Labute approximate surface area is 119 Å². The van der Waals surface area contributed by atoms with Crippen molar-refractivity contribution in [1.29, 1.82) is 0 Å². The Morgan fingerprint density at radius 1 is 1.20 bits per heavy atom. The molecule has 0 saturated heterocycles. The summed E-state index contributed by atoms with van der Waals surface area (Å²) in [5.74, 6) is -1.13. The van der Waals surface area contributed by atoms with E-state index in [0.29, 0.717) is 12.5 Å². The molecule has 1 aromatic carbocycles. The van der Waals surface area contributed by atoms with Gasteiger partial charge < -0.3 is 5.32 Å². The molecule has 2 N–H and O–H groups in total. The predicted molar refractivity (Wildman–Crippen MR) is 79.4 cm³/mol. The molecule has 108 valence electrons. The summed E-state index contributed by atoms with van der Waals surface area (Å²) >= 11 is 0. The van der Waals surface area contributed by atoms with Gasteiger partial charge in [-0.05, 0) is 23.5 Å². The molecule has 0 aromatic heterocycles. The third-order valence-electron chi connectivity index (χ3n) is 2.64. The minimum atomic E-state index is -0.757. The lowest BCUT2D eigenvalue weighted by Gasteiger charge is -2.05. The van der Waals surface area contributed by atoms with E-state index >= 15 is 0 Å². The van der Waals surface area contributed by atoms with Crippen molar-refractivity contribution in [3.05, 3.63) is 35.4 Å². The Hall–Kier alpha value is -2.17. The Balaban J connectivity index is 2.42. The molecule has 5 heteroatoms. The van der Waals surface area contributed by atoms with Gasteiger partial charge in [0.15, 0.2) is 0 Å². The molecule has 0 bridgehead atoms. The monoisotopic (exact) mass is 275 g/mol. The number of amides is 2. The zero-order valence-corrected chi connectivity index (χ0v) is 12.1. The van der Waals surface area contributed by atoms with Crippen molar-refractivity contribution in [3.8, 4) is 0 Å². The van der Waals surface area contributed by atoms with Gasteiger partial charge in [-0.1, -0.05) is 45.0 Å². The Kier molecular flexibility index (Phi) is 6.43. The number of nitrogens with zero attached hydrogens (tertiary/aromatic N) is 1. The SMILES string of the molecule is CCc1ccc(/C=N\NC(=O)C(=O)NCC(C)C)cc1. The zero-order chi connectivity index (χ0) is 15.0. The predicted octanol–water partition coefficient (Wildman–Crippen LogP) is 1.47. The van der Waals surface area contributed by atoms with Crippen molar-refractivity contribution in [1.82, 2.24) is 10.7 Å². The first-order valence-electron chi connectivity index (χ1n) is 6.73. The van der Waals surface area contributed by atoms with E-state index in [-0.39, 0.29) is 0 Å².